The molecule has 0 amide bonds. The maximum Gasteiger partial charge on any atom is 0.673 e. The van der Waals surface area contributed by atoms with E-state index in [1.165, 1.54) is 22.3 Å². The molecule has 0 radical (unpaired) electrons. The average Bonchev–Trinajstić information content (AvgIpc) is 2.74. The van der Waals surface area contributed by atoms with Gasteiger partial charge in [-0.25, -0.2) is 0 Å². The summed E-state index contributed by atoms with van der Waals surface area (Å²) in [4.78, 5) is 3.21. The van der Waals surface area contributed by atoms with Crippen LogP contribution in [-0.4, -0.2) is 7.25 Å². The van der Waals surface area contributed by atoms with Gasteiger partial charge in [-0.15, -0.1) is 0 Å². The standard InChI is InChI=1S/C13H9N2.BF4/c14-15-11-5-6-13-10(8-11)7-9-3-1-2-4-12(9)13;2-1(3,4)5/h1-6,8H,7H2;/q+1;-1. The van der Waals surface area contributed by atoms with Gasteiger partial charge in [0.2, 0.25) is 5.39 Å². The summed E-state index contributed by atoms with van der Waals surface area (Å²) in [5.74, 6) is 0. The average molecular weight is 280 g/mol. The summed E-state index contributed by atoms with van der Waals surface area (Å²) in [5.41, 5.74) is 5.78. The lowest BCUT2D eigenvalue weighted by molar-refractivity contribution is 0.368. The Balaban J connectivity index is 0.000000257. The van der Waals surface area contributed by atoms with Crippen LogP contribution in [0.3, 0.4) is 0 Å². The molecule has 102 valence electrons. The van der Waals surface area contributed by atoms with Gasteiger partial charge in [0.1, 0.15) is 0 Å². The number of fused-ring (bicyclic) bond motifs is 3. The molecule has 1 aliphatic carbocycles. The molecule has 0 saturated carbocycles. The quantitative estimate of drug-likeness (QED) is 0.322. The molecule has 2 nitrogen and oxygen atoms in total. The molecule has 0 atom stereocenters. The molecule has 1 aliphatic rings. The highest BCUT2D eigenvalue weighted by atomic mass is 19.5. The largest absolute Gasteiger partial charge is 0.673 e. The van der Waals surface area contributed by atoms with Crippen molar-refractivity contribution in [1.82, 2.24) is 0 Å². The third-order valence-corrected chi connectivity index (χ3v) is 2.89. The van der Waals surface area contributed by atoms with Crippen LogP contribution in [0.25, 0.3) is 16.1 Å². The van der Waals surface area contributed by atoms with E-state index in [2.05, 4.69) is 29.2 Å². The topological polar surface area (TPSA) is 28.1 Å². The summed E-state index contributed by atoms with van der Waals surface area (Å²) in [6, 6.07) is 14.2. The van der Waals surface area contributed by atoms with Crippen LogP contribution in [-0.2, 0) is 6.42 Å². The number of nitrogens with zero attached hydrogens (tertiary/aromatic N) is 2. The molecule has 0 unspecified atom stereocenters. The molecule has 0 aliphatic heterocycles. The molecule has 0 N–H and O–H groups in total. The predicted molar refractivity (Wildman–Crippen MR) is 69.6 cm³/mol. The molecule has 0 saturated heterocycles. The third kappa shape index (κ3) is 3.35. The zero-order valence-electron chi connectivity index (χ0n) is 10.2. The van der Waals surface area contributed by atoms with Crippen LogP contribution in [0.2, 0.25) is 0 Å². The fraction of sp³-hybridized carbons (Fsp3) is 0.0769. The van der Waals surface area contributed by atoms with E-state index in [-0.39, 0.29) is 0 Å². The zero-order chi connectivity index (χ0) is 14.8. The maximum atomic E-state index is 9.75. The van der Waals surface area contributed by atoms with Gasteiger partial charge in [0.25, 0.3) is 0 Å². The van der Waals surface area contributed by atoms with Gasteiger partial charge in [0.15, 0.2) is 4.98 Å². The van der Waals surface area contributed by atoms with E-state index >= 15 is 0 Å². The second-order valence-corrected chi connectivity index (χ2v) is 4.27. The number of halogens is 4. The Morgan fingerprint density at radius 1 is 0.900 bits per heavy atom. The van der Waals surface area contributed by atoms with E-state index in [1.807, 2.05) is 18.2 Å². The highest BCUT2D eigenvalue weighted by molar-refractivity contribution is 6.50. The van der Waals surface area contributed by atoms with Crippen LogP contribution in [0, 0.1) is 5.39 Å². The Morgan fingerprint density at radius 2 is 1.50 bits per heavy atom. The van der Waals surface area contributed by atoms with E-state index in [4.69, 9.17) is 5.39 Å². The molecule has 0 aromatic heterocycles. The van der Waals surface area contributed by atoms with Crippen molar-refractivity contribution in [3.63, 3.8) is 0 Å². The van der Waals surface area contributed by atoms with Crippen LogP contribution in [0.4, 0.5) is 23.0 Å². The van der Waals surface area contributed by atoms with Crippen LogP contribution in [0.15, 0.2) is 42.5 Å². The van der Waals surface area contributed by atoms with Crippen molar-refractivity contribution in [2.24, 2.45) is 0 Å². The first-order chi connectivity index (χ1) is 9.38. The van der Waals surface area contributed by atoms with Gasteiger partial charge >= 0.3 is 12.9 Å². The van der Waals surface area contributed by atoms with E-state index in [0.29, 0.717) is 5.69 Å². The third-order valence-electron chi connectivity index (χ3n) is 2.89. The summed E-state index contributed by atoms with van der Waals surface area (Å²) < 4.78 is 39.0. The Bertz CT molecular complexity index is 671. The molecule has 0 fully saturated rings. The van der Waals surface area contributed by atoms with Crippen molar-refractivity contribution in [2.75, 3.05) is 0 Å². The predicted octanol–water partition coefficient (Wildman–Crippen LogP) is 5.04. The minimum atomic E-state index is -6.00. The van der Waals surface area contributed by atoms with Gasteiger partial charge in [0, 0.05) is 12.1 Å². The normalized spacial score (nSPS) is 11.8. The molecule has 0 heterocycles. The van der Waals surface area contributed by atoms with Gasteiger partial charge in [-0.2, -0.15) is 0 Å². The number of hydrogen-bond donors (Lipinski definition) is 0. The minimum Gasteiger partial charge on any atom is -0.418 e. The SMILES string of the molecule is F[B-](F)(F)F.N#[N+]c1ccc2c(c1)Cc1ccccc1-2. The first-order valence-corrected chi connectivity index (χ1v) is 5.82. The fourth-order valence-electron chi connectivity index (χ4n) is 2.19. The van der Waals surface area contributed by atoms with Crippen molar-refractivity contribution >= 4 is 12.9 Å². The van der Waals surface area contributed by atoms with Crippen molar-refractivity contribution in [1.29, 1.82) is 5.39 Å². The van der Waals surface area contributed by atoms with Crippen LogP contribution < -0.4 is 0 Å². The van der Waals surface area contributed by atoms with Crippen molar-refractivity contribution in [3.05, 3.63) is 58.6 Å². The molecule has 20 heavy (non-hydrogen) atoms. The molecule has 2 aromatic rings. The van der Waals surface area contributed by atoms with Crippen molar-refractivity contribution in [3.8, 4) is 11.1 Å². The molecule has 0 spiro atoms. The minimum absolute atomic E-state index is 0.626. The van der Waals surface area contributed by atoms with E-state index in [9.17, 15) is 17.3 Å². The van der Waals surface area contributed by atoms with Crippen LogP contribution in [0.1, 0.15) is 11.1 Å². The van der Waals surface area contributed by atoms with Gasteiger partial charge < -0.3 is 17.3 Å². The lowest BCUT2D eigenvalue weighted by Crippen LogP contribution is -2.02. The number of benzene rings is 2. The molecule has 2 aromatic carbocycles. The van der Waals surface area contributed by atoms with E-state index in [0.717, 1.165) is 6.42 Å². The molecular formula is C13H9BF4N2. The zero-order valence-corrected chi connectivity index (χ0v) is 10.2. The number of diazo groups is 1. The summed E-state index contributed by atoms with van der Waals surface area (Å²) >= 11 is 0. The highest BCUT2D eigenvalue weighted by Crippen LogP contribution is 2.37. The second kappa shape index (κ2) is 5.33. The van der Waals surface area contributed by atoms with Crippen LogP contribution >= 0.6 is 0 Å². The lowest BCUT2D eigenvalue weighted by atomic mass is 10.1. The molecule has 7 heteroatoms. The monoisotopic (exact) mass is 280 g/mol. The van der Waals surface area contributed by atoms with Gasteiger partial charge in [0.05, 0.1) is 0 Å². The summed E-state index contributed by atoms with van der Waals surface area (Å²) in [5, 5.41) is 8.71. The van der Waals surface area contributed by atoms with Gasteiger partial charge in [-0.1, -0.05) is 24.3 Å². The Kier molecular flexibility index (Phi) is 3.75. The Labute approximate surface area is 112 Å². The highest BCUT2D eigenvalue weighted by Gasteiger charge is 2.21. The summed E-state index contributed by atoms with van der Waals surface area (Å²) in [7, 11) is -6.00. The van der Waals surface area contributed by atoms with E-state index in [1.54, 1.807) is 0 Å². The first kappa shape index (κ1) is 14.1. The number of rotatable bonds is 0. The fourth-order valence-corrected chi connectivity index (χ4v) is 2.19. The van der Waals surface area contributed by atoms with Crippen LogP contribution in [0.5, 0.6) is 0 Å². The first-order valence-electron chi connectivity index (χ1n) is 5.82. The Hall–Kier alpha value is -2.36. The summed E-state index contributed by atoms with van der Waals surface area (Å²) in [6.07, 6.45) is 0.939. The second-order valence-electron chi connectivity index (χ2n) is 4.27. The number of hydrogen-bond acceptors (Lipinski definition) is 1. The van der Waals surface area contributed by atoms with E-state index < -0.39 is 7.25 Å². The smallest absolute Gasteiger partial charge is 0.418 e. The molecule has 0 bridgehead atoms. The van der Waals surface area contributed by atoms with Gasteiger partial charge in [-0.3, -0.25) is 0 Å². The van der Waals surface area contributed by atoms with Gasteiger partial charge in [-0.05, 0) is 34.7 Å². The summed E-state index contributed by atoms with van der Waals surface area (Å²) in [6.45, 7) is 0. The molecule has 3 rings (SSSR count). The maximum absolute atomic E-state index is 9.75. The lowest BCUT2D eigenvalue weighted by Gasteiger charge is -1.97. The van der Waals surface area contributed by atoms with Crippen molar-refractivity contribution in [2.45, 2.75) is 6.42 Å². The molecular weight excluding hydrogens is 271 g/mol. The Morgan fingerprint density at radius 3 is 2.15 bits per heavy atom. The van der Waals surface area contributed by atoms with Crippen molar-refractivity contribution < 1.29 is 17.3 Å².